The molecule has 4 aliphatic rings. The molecule has 2 aliphatic heterocycles. The standard InChI is InChI=1S/C20H30N2O5/c1-13-4-3-5-19(2)6-7-20(26)14(17(23)27-16(20)15(13)19)12-21-8-10-22(11-9-21)18(24)25/h14,16,26H,3-12H2,1-2H3,(H,24,25)/t14?,16-,19+,20?/m0/s1. The lowest BCUT2D eigenvalue weighted by atomic mass is 9.58. The molecule has 7 nitrogen and oxygen atoms in total. The Morgan fingerprint density at radius 1 is 1.22 bits per heavy atom. The van der Waals surface area contributed by atoms with Gasteiger partial charge in [0.05, 0.1) is 0 Å². The topological polar surface area (TPSA) is 90.3 Å². The molecule has 4 atom stereocenters. The number of aliphatic hydroxyl groups is 1. The lowest BCUT2D eigenvalue weighted by Gasteiger charge is -2.49. The van der Waals surface area contributed by atoms with Gasteiger partial charge in [-0.1, -0.05) is 12.5 Å². The molecule has 27 heavy (non-hydrogen) atoms. The van der Waals surface area contributed by atoms with Crippen molar-refractivity contribution < 1.29 is 24.5 Å². The van der Waals surface area contributed by atoms with E-state index in [0.717, 1.165) is 31.3 Å². The minimum Gasteiger partial charge on any atom is -0.465 e. The van der Waals surface area contributed by atoms with E-state index in [1.807, 2.05) is 0 Å². The number of hydrogen-bond donors (Lipinski definition) is 2. The van der Waals surface area contributed by atoms with Gasteiger partial charge in [-0.15, -0.1) is 0 Å². The molecule has 150 valence electrons. The zero-order chi connectivity index (χ0) is 19.4. The highest BCUT2D eigenvalue weighted by Crippen LogP contribution is 2.57. The number of allylic oxidation sites excluding steroid dienone is 1. The first-order valence-corrected chi connectivity index (χ1v) is 10.1. The summed E-state index contributed by atoms with van der Waals surface area (Å²) >= 11 is 0. The van der Waals surface area contributed by atoms with Crippen LogP contribution in [0.5, 0.6) is 0 Å². The van der Waals surface area contributed by atoms with Crippen LogP contribution in [0.1, 0.15) is 46.0 Å². The number of ether oxygens (including phenoxy) is 1. The number of esters is 1. The van der Waals surface area contributed by atoms with E-state index < -0.39 is 23.7 Å². The van der Waals surface area contributed by atoms with Gasteiger partial charge in [0, 0.05) is 32.7 Å². The highest BCUT2D eigenvalue weighted by Gasteiger charge is 2.63. The predicted octanol–water partition coefficient (Wildman–Crippen LogP) is 1.86. The zero-order valence-corrected chi connectivity index (χ0v) is 16.2. The Bertz CT molecular complexity index is 684. The van der Waals surface area contributed by atoms with E-state index in [4.69, 9.17) is 9.84 Å². The Balaban J connectivity index is 1.53. The normalized spacial score (nSPS) is 39.8. The van der Waals surface area contributed by atoms with Crippen LogP contribution in [0.2, 0.25) is 0 Å². The van der Waals surface area contributed by atoms with E-state index >= 15 is 0 Å². The maximum atomic E-state index is 12.7. The second-order valence-electron chi connectivity index (χ2n) is 9.04. The van der Waals surface area contributed by atoms with E-state index in [2.05, 4.69) is 18.7 Å². The van der Waals surface area contributed by atoms with E-state index in [1.165, 1.54) is 10.5 Å². The first kappa shape index (κ1) is 18.7. The summed E-state index contributed by atoms with van der Waals surface area (Å²) in [5.41, 5.74) is 1.32. The van der Waals surface area contributed by atoms with Gasteiger partial charge in [0.2, 0.25) is 0 Å². The van der Waals surface area contributed by atoms with Gasteiger partial charge in [0.1, 0.15) is 11.5 Å². The Labute approximate surface area is 160 Å². The van der Waals surface area contributed by atoms with Gasteiger partial charge < -0.3 is 19.8 Å². The molecule has 0 spiro atoms. The van der Waals surface area contributed by atoms with Crippen molar-refractivity contribution in [2.45, 2.75) is 57.7 Å². The summed E-state index contributed by atoms with van der Waals surface area (Å²) in [6.45, 7) is 6.82. The predicted molar refractivity (Wildman–Crippen MR) is 98.2 cm³/mol. The molecule has 2 aliphatic carbocycles. The second kappa shape index (κ2) is 6.48. The molecule has 0 aromatic heterocycles. The Morgan fingerprint density at radius 3 is 2.59 bits per heavy atom. The molecule has 2 heterocycles. The third-order valence-corrected chi connectivity index (χ3v) is 7.39. The fraction of sp³-hybridized carbons (Fsp3) is 0.800. The molecule has 0 aromatic rings. The van der Waals surface area contributed by atoms with Gasteiger partial charge >= 0.3 is 12.1 Å². The van der Waals surface area contributed by atoms with Crippen LogP contribution in [0.25, 0.3) is 0 Å². The highest BCUT2D eigenvalue weighted by atomic mass is 16.6. The summed E-state index contributed by atoms with van der Waals surface area (Å²) in [5, 5.41) is 20.7. The number of hydrogen-bond acceptors (Lipinski definition) is 5. The van der Waals surface area contributed by atoms with Gasteiger partial charge in [-0.05, 0) is 50.0 Å². The largest absolute Gasteiger partial charge is 0.465 e. The Morgan fingerprint density at radius 2 is 1.93 bits per heavy atom. The molecule has 2 N–H and O–H groups in total. The van der Waals surface area contributed by atoms with Crippen LogP contribution in [0, 0.1) is 11.3 Å². The number of carbonyl (C=O) groups is 2. The molecule has 1 amide bonds. The van der Waals surface area contributed by atoms with Gasteiger partial charge in [0.25, 0.3) is 0 Å². The van der Waals surface area contributed by atoms with Crippen molar-refractivity contribution in [1.82, 2.24) is 9.80 Å². The fourth-order valence-corrected chi connectivity index (χ4v) is 5.72. The van der Waals surface area contributed by atoms with Crippen molar-refractivity contribution >= 4 is 12.1 Å². The molecule has 0 aromatic carbocycles. The minimum absolute atomic E-state index is 0.0293. The van der Waals surface area contributed by atoms with Crippen LogP contribution < -0.4 is 0 Å². The first-order valence-electron chi connectivity index (χ1n) is 10.1. The SMILES string of the molecule is CC1=C2[C@@H]3OC(=O)C(CN4CCN(C(=O)O)CC4)C3(O)CC[C@@]2(C)CCC1. The molecular formula is C20H30N2O5. The zero-order valence-electron chi connectivity index (χ0n) is 16.2. The van der Waals surface area contributed by atoms with Crippen molar-refractivity contribution in [2.24, 2.45) is 11.3 Å². The molecule has 4 rings (SSSR count). The highest BCUT2D eigenvalue weighted by molar-refractivity contribution is 5.78. The van der Waals surface area contributed by atoms with Crippen LogP contribution in [0.15, 0.2) is 11.1 Å². The molecule has 7 heteroatoms. The monoisotopic (exact) mass is 378 g/mol. The molecule has 2 saturated heterocycles. The van der Waals surface area contributed by atoms with E-state index in [0.29, 0.717) is 39.1 Å². The molecule has 0 radical (unpaired) electrons. The van der Waals surface area contributed by atoms with E-state index in [1.54, 1.807) is 0 Å². The van der Waals surface area contributed by atoms with E-state index in [-0.39, 0.29) is 11.4 Å². The number of rotatable bonds is 2. The second-order valence-corrected chi connectivity index (χ2v) is 9.04. The molecule has 2 unspecified atom stereocenters. The lowest BCUT2D eigenvalue weighted by Crippen LogP contribution is -2.57. The number of fused-ring (bicyclic) bond motifs is 3. The third kappa shape index (κ3) is 2.95. The number of carboxylic acid groups (broad SMARTS) is 1. The lowest BCUT2D eigenvalue weighted by molar-refractivity contribution is -0.144. The summed E-state index contributed by atoms with van der Waals surface area (Å²) in [6.07, 6.45) is 3.29. The van der Waals surface area contributed by atoms with Crippen LogP contribution in [-0.2, 0) is 9.53 Å². The molecule has 1 saturated carbocycles. The van der Waals surface area contributed by atoms with E-state index in [9.17, 15) is 14.7 Å². The van der Waals surface area contributed by atoms with Crippen molar-refractivity contribution in [2.75, 3.05) is 32.7 Å². The van der Waals surface area contributed by atoms with Crippen LogP contribution in [0.3, 0.4) is 0 Å². The number of nitrogens with zero attached hydrogens (tertiary/aromatic N) is 2. The summed E-state index contributed by atoms with van der Waals surface area (Å²) in [7, 11) is 0. The minimum atomic E-state index is -1.14. The summed E-state index contributed by atoms with van der Waals surface area (Å²) in [5.74, 6) is -0.871. The smallest absolute Gasteiger partial charge is 0.407 e. The average molecular weight is 378 g/mol. The number of amides is 1. The maximum Gasteiger partial charge on any atom is 0.407 e. The first-order chi connectivity index (χ1) is 12.7. The quantitative estimate of drug-likeness (QED) is 0.563. The average Bonchev–Trinajstić information content (AvgIpc) is 2.86. The van der Waals surface area contributed by atoms with Crippen molar-refractivity contribution in [3.05, 3.63) is 11.1 Å². The number of piperazine rings is 1. The van der Waals surface area contributed by atoms with Gasteiger partial charge in [0.15, 0.2) is 6.10 Å². The summed E-state index contributed by atoms with van der Waals surface area (Å²) < 4.78 is 5.81. The Kier molecular flexibility index (Phi) is 4.50. The van der Waals surface area contributed by atoms with Crippen LogP contribution >= 0.6 is 0 Å². The van der Waals surface area contributed by atoms with Crippen molar-refractivity contribution in [1.29, 1.82) is 0 Å². The van der Waals surface area contributed by atoms with Crippen molar-refractivity contribution in [3.63, 3.8) is 0 Å². The number of carbonyl (C=O) groups excluding carboxylic acids is 1. The third-order valence-electron chi connectivity index (χ3n) is 7.39. The van der Waals surface area contributed by atoms with Gasteiger partial charge in [-0.25, -0.2) is 4.79 Å². The van der Waals surface area contributed by atoms with Gasteiger partial charge in [-0.2, -0.15) is 0 Å². The maximum absolute atomic E-state index is 12.7. The Hall–Kier alpha value is -1.60. The molecular weight excluding hydrogens is 348 g/mol. The van der Waals surface area contributed by atoms with Gasteiger partial charge in [-0.3, -0.25) is 9.69 Å². The van der Waals surface area contributed by atoms with Crippen LogP contribution in [0.4, 0.5) is 4.79 Å². The molecule has 0 bridgehead atoms. The summed E-state index contributed by atoms with van der Waals surface area (Å²) in [4.78, 5) is 27.3. The fourth-order valence-electron chi connectivity index (χ4n) is 5.72. The summed E-state index contributed by atoms with van der Waals surface area (Å²) in [6, 6.07) is 0. The van der Waals surface area contributed by atoms with Crippen LogP contribution in [-0.4, -0.2) is 76.5 Å². The van der Waals surface area contributed by atoms with Crippen molar-refractivity contribution in [3.8, 4) is 0 Å². The molecule has 3 fully saturated rings.